The fourth-order valence-corrected chi connectivity index (χ4v) is 2.18. The van der Waals surface area contributed by atoms with E-state index in [0.717, 1.165) is 4.47 Å². The second kappa shape index (κ2) is 6.41. The molecular weight excluding hydrogens is 336 g/mol. The van der Waals surface area contributed by atoms with Gasteiger partial charge in [-0.15, -0.1) is 0 Å². The van der Waals surface area contributed by atoms with E-state index in [2.05, 4.69) is 26.5 Å². The number of aryl methyl sites for hydroxylation is 1. The number of halogens is 1. The minimum atomic E-state index is -0.358. The number of phenols is 2. The molecule has 0 radical (unpaired) electrons. The number of nitrogens with zero attached hydrogens (tertiary/aromatic N) is 1. The number of hydrazone groups is 1. The molecule has 6 heteroatoms. The molecule has 5 nitrogen and oxygen atoms in total. The summed E-state index contributed by atoms with van der Waals surface area (Å²) >= 11 is 3.29. The van der Waals surface area contributed by atoms with Gasteiger partial charge in [-0.3, -0.25) is 4.79 Å². The maximum Gasteiger partial charge on any atom is 0.271 e. The lowest BCUT2D eigenvalue weighted by Gasteiger charge is -2.04. The summed E-state index contributed by atoms with van der Waals surface area (Å²) in [5.74, 6) is -0.489. The third-order valence-electron chi connectivity index (χ3n) is 2.80. The molecule has 2 rings (SSSR count). The van der Waals surface area contributed by atoms with Crippen molar-refractivity contribution < 1.29 is 15.0 Å². The van der Waals surface area contributed by atoms with Crippen molar-refractivity contribution in [2.24, 2.45) is 5.10 Å². The van der Waals surface area contributed by atoms with Crippen LogP contribution in [0.5, 0.6) is 11.5 Å². The molecule has 0 fully saturated rings. The molecule has 0 bridgehead atoms. The van der Waals surface area contributed by atoms with Crippen molar-refractivity contribution in [1.82, 2.24) is 5.43 Å². The highest BCUT2D eigenvalue weighted by Gasteiger charge is 2.06. The van der Waals surface area contributed by atoms with Crippen LogP contribution in [0.2, 0.25) is 0 Å². The van der Waals surface area contributed by atoms with Crippen molar-refractivity contribution in [2.75, 3.05) is 0 Å². The lowest BCUT2D eigenvalue weighted by molar-refractivity contribution is 0.0955. The Hall–Kier alpha value is -2.34. The standard InChI is InChI=1S/C15H13BrN2O3/c1-9-5-12(19)7-14(20)13(9)8-17-18-15(21)10-3-2-4-11(16)6-10/h2-8,19-20H,1H3,(H,18,21). The Morgan fingerprint density at radius 3 is 2.71 bits per heavy atom. The zero-order valence-corrected chi connectivity index (χ0v) is 12.8. The van der Waals surface area contributed by atoms with Gasteiger partial charge in [0, 0.05) is 21.7 Å². The van der Waals surface area contributed by atoms with Gasteiger partial charge < -0.3 is 10.2 Å². The van der Waals surface area contributed by atoms with Gasteiger partial charge in [-0.2, -0.15) is 5.10 Å². The molecule has 0 aliphatic rings. The van der Waals surface area contributed by atoms with E-state index in [9.17, 15) is 15.0 Å². The van der Waals surface area contributed by atoms with Crippen LogP contribution in [0.4, 0.5) is 0 Å². The van der Waals surface area contributed by atoms with E-state index in [-0.39, 0.29) is 17.4 Å². The highest BCUT2D eigenvalue weighted by molar-refractivity contribution is 9.10. The van der Waals surface area contributed by atoms with Gasteiger partial charge in [0.05, 0.1) is 6.21 Å². The zero-order valence-electron chi connectivity index (χ0n) is 11.2. The van der Waals surface area contributed by atoms with E-state index in [1.54, 1.807) is 25.1 Å². The second-order valence-corrected chi connectivity index (χ2v) is 5.32. The summed E-state index contributed by atoms with van der Waals surface area (Å²) < 4.78 is 0.797. The Balaban J connectivity index is 2.11. The molecule has 0 saturated heterocycles. The molecule has 3 N–H and O–H groups in total. The Morgan fingerprint density at radius 2 is 2.05 bits per heavy atom. The van der Waals surface area contributed by atoms with E-state index in [4.69, 9.17) is 0 Å². The molecule has 2 aromatic carbocycles. The van der Waals surface area contributed by atoms with Crippen LogP contribution in [-0.2, 0) is 0 Å². The van der Waals surface area contributed by atoms with Crippen molar-refractivity contribution in [3.8, 4) is 11.5 Å². The molecule has 108 valence electrons. The Morgan fingerprint density at radius 1 is 1.29 bits per heavy atom. The van der Waals surface area contributed by atoms with Crippen LogP contribution in [-0.4, -0.2) is 22.3 Å². The van der Waals surface area contributed by atoms with Gasteiger partial charge >= 0.3 is 0 Å². The van der Waals surface area contributed by atoms with Crippen LogP contribution < -0.4 is 5.43 Å². The quantitative estimate of drug-likeness (QED) is 0.589. The van der Waals surface area contributed by atoms with Gasteiger partial charge in [-0.25, -0.2) is 5.43 Å². The summed E-state index contributed by atoms with van der Waals surface area (Å²) in [7, 11) is 0. The lowest BCUT2D eigenvalue weighted by atomic mass is 10.1. The van der Waals surface area contributed by atoms with Crippen molar-refractivity contribution in [2.45, 2.75) is 6.92 Å². The SMILES string of the molecule is Cc1cc(O)cc(O)c1C=NNC(=O)c1cccc(Br)c1. The average molecular weight is 349 g/mol. The van der Waals surface area contributed by atoms with Crippen LogP contribution in [0.25, 0.3) is 0 Å². The minimum absolute atomic E-state index is 0.0275. The number of aromatic hydroxyl groups is 2. The predicted octanol–water partition coefficient (Wildman–Crippen LogP) is 2.93. The van der Waals surface area contributed by atoms with Gasteiger partial charge in [0.2, 0.25) is 0 Å². The van der Waals surface area contributed by atoms with Gasteiger partial charge in [0.1, 0.15) is 11.5 Å². The number of phenolic OH excluding ortho intramolecular Hbond substituents is 2. The molecule has 1 amide bonds. The molecule has 0 aliphatic heterocycles. The third kappa shape index (κ3) is 3.82. The summed E-state index contributed by atoms with van der Waals surface area (Å²) in [5.41, 5.74) is 3.92. The number of benzene rings is 2. The first-order chi connectivity index (χ1) is 9.97. The topological polar surface area (TPSA) is 81.9 Å². The largest absolute Gasteiger partial charge is 0.508 e. The highest BCUT2D eigenvalue weighted by atomic mass is 79.9. The molecule has 0 aromatic heterocycles. The van der Waals surface area contributed by atoms with Crippen molar-refractivity contribution in [1.29, 1.82) is 0 Å². The number of hydrogen-bond donors (Lipinski definition) is 3. The Labute approximate surface area is 130 Å². The van der Waals surface area contributed by atoms with Crippen LogP contribution in [0.3, 0.4) is 0 Å². The normalized spacial score (nSPS) is 10.8. The monoisotopic (exact) mass is 348 g/mol. The smallest absolute Gasteiger partial charge is 0.271 e. The maximum atomic E-state index is 11.9. The van der Waals surface area contributed by atoms with Crippen LogP contribution in [0.15, 0.2) is 46.0 Å². The number of carbonyl (C=O) groups is 1. The molecule has 2 aromatic rings. The Bertz CT molecular complexity index is 691. The summed E-state index contributed by atoms with van der Waals surface area (Å²) in [6, 6.07) is 9.62. The molecule has 0 heterocycles. The molecule has 0 atom stereocenters. The molecular formula is C15H13BrN2O3. The zero-order chi connectivity index (χ0) is 15.4. The minimum Gasteiger partial charge on any atom is -0.508 e. The van der Waals surface area contributed by atoms with Crippen LogP contribution in [0, 0.1) is 6.92 Å². The van der Waals surface area contributed by atoms with Gasteiger partial charge in [0.25, 0.3) is 5.91 Å². The molecule has 0 aliphatic carbocycles. The highest BCUT2D eigenvalue weighted by Crippen LogP contribution is 2.25. The number of rotatable bonds is 3. The fraction of sp³-hybridized carbons (Fsp3) is 0.0667. The third-order valence-corrected chi connectivity index (χ3v) is 3.29. The van der Waals surface area contributed by atoms with E-state index in [0.29, 0.717) is 16.7 Å². The molecule has 21 heavy (non-hydrogen) atoms. The van der Waals surface area contributed by atoms with E-state index in [1.807, 2.05) is 6.07 Å². The summed E-state index contributed by atoms with van der Waals surface area (Å²) in [5, 5.41) is 22.9. The first kappa shape index (κ1) is 15.1. The van der Waals surface area contributed by atoms with Gasteiger partial charge in [-0.1, -0.05) is 22.0 Å². The van der Waals surface area contributed by atoms with Crippen molar-refractivity contribution in [3.63, 3.8) is 0 Å². The number of amides is 1. The van der Waals surface area contributed by atoms with Gasteiger partial charge in [-0.05, 0) is 36.8 Å². The molecule has 0 unspecified atom stereocenters. The van der Waals surface area contributed by atoms with E-state index in [1.165, 1.54) is 18.3 Å². The number of carbonyl (C=O) groups excluding carboxylic acids is 1. The fourth-order valence-electron chi connectivity index (χ4n) is 1.78. The van der Waals surface area contributed by atoms with Crippen LogP contribution in [0.1, 0.15) is 21.5 Å². The van der Waals surface area contributed by atoms with Crippen molar-refractivity contribution >= 4 is 28.1 Å². The lowest BCUT2D eigenvalue weighted by Crippen LogP contribution is -2.17. The summed E-state index contributed by atoms with van der Waals surface area (Å²) in [6.45, 7) is 1.72. The van der Waals surface area contributed by atoms with Gasteiger partial charge in [0.15, 0.2) is 0 Å². The van der Waals surface area contributed by atoms with E-state index < -0.39 is 0 Å². The number of nitrogens with one attached hydrogen (secondary N) is 1. The van der Waals surface area contributed by atoms with Crippen molar-refractivity contribution in [3.05, 3.63) is 57.6 Å². The second-order valence-electron chi connectivity index (χ2n) is 4.40. The summed E-state index contributed by atoms with van der Waals surface area (Å²) in [6.07, 6.45) is 1.33. The molecule has 0 spiro atoms. The summed E-state index contributed by atoms with van der Waals surface area (Å²) in [4.78, 5) is 11.9. The average Bonchev–Trinajstić information content (AvgIpc) is 2.41. The number of hydrogen-bond acceptors (Lipinski definition) is 4. The predicted molar refractivity (Wildman–Crippen MR) is 83.7 cm³/mol. The Kier molecular flexibility index (Phi) is 4.59. The first-order valence-corrected chi connectivity index (χ1v) is 6.88. The maximum absolute atomic E-state index is 11.9. The molecule has 0 saturated carbocycles. The first-order valence-electron chi connectivity index (χ1n) is 6.09. The van der Waals surface area contributed by atoms with Crippen LogP contribution >= 0.6 is 15.9 Å². The van der Waals surface area contributed by atoms with E-state index >= 15 is 0 Å².